The number of likely N-dealkylation sites (tertiary alicyclic amines) is 1. The predicted molar refractivity (Wildman–Crippen MR) is 67.8 cm³/mol. The van der Waals surface area contributed by atoms with Crippen LogP contribution in [0.4, 0.5) is 5.82 Å². The van der Waals surface area contributed by atoms with Crippen LogP contribution < -0.4 is 16.6 Å². The fraction of sp³-hybridized carbons (Fsp3) is 0.545. The lowest BCUT2D eigenvalue weighted by Gasteiger charge is -2.30. The molecule has 0 saturated carbocycles. The number of nitrogens with zero attached hydrogens (tertiary/aromatic N) is 3. The zero-order chi connectivity index (χ0) is 13.0. The average Bonchev–Trinajstić information content (AvgIpc) is 2.39. The molecule has 1 amide bonds. The van der Waals surface area contributed by atoms with E-state index in [2.05, 4.69) is 32.9 Å². The second-order valence-electron chi connectivity index (χ2n) is 4.52. The number of rotatable bonds is 3. The van der Waals surface area contributed by atoms with E-state index in [4.69, 9.17) is 5.84 Å². The summed E-state index contributed by atoms with van der Waals surface area (Å²) in [5, 5.41) is 10.6. The van der Waals surface area contributed by atoms with Crippen LogP contribution in [0.2, 0.25) is 0 Å². The molecule has 0 bridgehead atoms. The van der Waals surface area contributed by atoms with E-state index in [-0.39, 0.29) is 11.9 Å². The molecule has 1 atom stereocenters. The van der Waals surface area contributed by atoms with Crippen LogP contribution in [0.3, 0.4) is 0 Å². The first kappa shape index (κ1) is 12.7. The molecule has 0 aromatic carbocycles. The van der Waals surface area contributed by atoms with E-state index in [1.165, 1.54) is 0 Å². The summed E-state index contributed by atoms with van der Waals surface area (Å²) >= 11 is 0. The number of carbonyl (C=O) groups excluding carboxylic acids is 1. The summed E-state index contributed by atoms with van der Waals surface area (Å²) in [6.45, 7) is 1.96. The van der Waals surface area contributed by atoms with Gasteiger partial charge in [-0.3, -0.25) is 4.79 Å². The van der Waals surface area contributed by atoms with Crippen molar-refractivity contribution in [3.63, 3.8) is 0 Å². The molecule has 2 heterocycles. The van der Waals surface area contributed by atoms with E-state index < -0.39 is 0 Å². The molecule has 1 aromatic heterocycles. The van der Waals surface area contributed by atoms with Gasteiger partial charge in [0.1, 0.15) is 0 Å². The van der Waals surface area contributed by atoms with Crippen LogP contribution in [0.1, 0.15) is 23.3 Å². The number of hydrogen-bond acceptors (Lipinski definition) is 6. The van der Waals surface area contributed by atoms with Crippen LogP contribution in [0.25, 0.3) is 0 Å². The Morgan fingerprint density at radius 1 is 1.50 bits per heavy atom. The molecule has 7 nitrogen and oxygen atoms in total. The number of nitrogen functional groups attached to an aromatic ring is 1. The van der Waals surface area contributed by atoms with Gasteiger partial charge >= 0.3 is 0 Å². The Labute approximate surface area is 106 Å². The summed E-state index contributed by atoms with van der Waals surface area (Å²) in [4.78, 5) is 14.1. The van der Waals surface area contributed by atoms with E-state index in [0.29, 0.717) is 11.5 Å². The number of likely N-dealkylation sites (N-methyl/N-ethyl adjacent to an activating group) is 1. The maximum Gasteiger partial charge on any atom is 0.272 e. The Hall–Kier alpha value is -1.73. The molecule has 1 aromatic rings. The minimum Gasteiger partial charge on any atom is -0.347 e. The standard InChI is InChI=1S/C11H18N6O/c1-17-6-2-3-8(7-17)13-11(18)9-4-5-10(14-12)16-15-9/h4-5,8H,2-3,6-7,12H2,1H3,(H,13,18)(H,14,16). The van der Waals surface area contributed by atoms with E-state index in [1.807, 2.05) is 0 Å². The SMILES string of the molecule is CN1CCCC(NC(=O)c2ccc(NN)nn2)C1. The Morgan fingerprint density at radius 2 is 2.33 bits per heavy atom. The normalized spacial score (nSPS) is 20.4. The number of nitrogens with two attached hydrogens (primary N) is 1. The van der Waals surface area contributed by atoms with Crippen LogP contribution >= 0.6 is 0 Å². The lowest BCUT2D eigenvalue weighted by molar-refractivity contribution is 0.0906. The zero-order valence-corrected chi connectivity index (χ0v) is 10.4. The van der Waals surface area contributed by atoms with Gasteiger partial charge in [0.2, 0.25) is 0 Å². The van der Waals surface area contributed by atoms with Crippen molar-refractivity contribution >= 4 is 11.7 Å². The molecule has 1 fully saturated rings. The molecule has 2 rings (SSSR count). The molecular weight excluding hydrogens is 232 g/mol. The molecular formula is C11H18N6O. The number of hydrogen-bond donors (Lipinski definition) is 3. The molecule has 0 spiro atoms. The summed E-state index contributed by atoms with van der Waals surface area (Å²) in [6, 6.07) is 3.41. The van der Waals surface area contributed by atoms with Crippen molar-refractivity contribution in [3.05, 3.63) is 17.8 Å². The third-order valence-corrected chi connectivity index (χ3v) is 3.00. The second-order valence-corrected chi connectivity index (χ2v) is 4.52. The highest BCUT2D eigenvalue weighted by atomic mass is 16.2. The monoisotopic (exact) mass is 250 g/mol. The lowest BCUT2D eigenvalue weighted by atomic mass is 10.1. The maximum atomic E-state index is 11.9. The van der Waals surface area contributed by atoms with Crippen molar-refractivity contribution in [1.82, 2.24) is 20.4 Å². The third kappa shape index (κ3) is 3.14. The van der Waals surface area contributed by atoms with Gasteiger partial charge in [-0.1, -0.05) is 0 Å². The Balaban J connectivity index is 1.94. The number of carbonyl (C=O) groups is 1. The van der Waals surface area contributed by atoms with E-state index in [1.54, 1.807) is 12.1 Å². The Morgan fingerprint density at radius 3 is 2.94 bits per heavy atom. The summed E-state index contributed by atoms with van der Waals surface area (Å²) in [6.07, 6.45) is 2.11. The highest BCUT2D eigenvalue weighted by molar-refractivity contribution is 5.92. The fourth-order valence-electron chi connectivity index (χ4n) is 2.07. The first-order valence-corrected chi connectivity index (χ1v) is 5.99. The van der Waals surface area contributed by atoms with E-state index in [9.17, 15) is 4.79 Å². The maximum absolute atomic E-state index is 11.9. The molecule has 0 radical (unpaired) electrons. The minimum atomic E-state index is -0.189. The van der Waals surface area contributed by atoms with Crippen molar-refractivity contribution in [2.24, 2.45) is 5.84 Å². The smallest absolute Gasteiger partial charge is 0.272 e. The average molecular weight is 250 g/mol. The molecule has 18 heavy (non-hydrogen) atoms. The lowest BCUT2D eigenvalue weighted by Crippen LogP contribution is -2.46. The second kappa shape index (κ2) is 5.74. The van der Waals surface area contributed by atoms with Crippen molar-refractivity contribution in [1.29, 1.82) is 0 Å². The first-order chi connectivity index (χ1) is 8.69. The van der Waals surface area contributed by atoms with Gasteiger partial charge in [-0.15, -0.1) is 10.2 Å². The fourth-order valence-corrected chi connectivity index (χ4v) is 2.07. The molecule has 7 heteroatoms. The van der Waals surface area contributed by atoms with Gasteiger partial charge in [0.15, 0.2) is 11.5 Å². The number of hydrazine groups is 1. The highest BCUT2D eigenvalue weighted by Gasteiger charge is 2.20. The number of anilines is 1. The van der Waals surface area contributed by atoms with Gasteiger partial charge in [-0.2, -0.15) is 0 Å². The summed E-state index contributed by atoms with van der Waals surface area (Å²) in [5.74, 6) is 5.43. The van der Waals surface area contributed by atoms with Gasteiger partial charge in [-0.25, -0.2) is 5.84 Å². The van der Waals surface area contributed by atoms with Crippen LogP contribution in [0.15, 0.2) is 12.1 Å². The summed E-state index contributed by atoms with van der Waals surface area (Å²) in [7, 11) is 2.06. The minimum absolute atomic E-state index is 0.186. The summed E-state index contributed by atoms with van der Waals surface area (Å²) < 4.78 is 0. The van der Waals surface area contributed by atoms with Crippen molar-refractivity contribution in [2.45, 2.75) is 18.9 Å². The highest BCUT2D eigenvalue weighted by Crippen LogP contribution is 2.08. The first-order valence-electron chi connectivity index (χ1n) is 5.99. The van der Waals surface area contributed by atoms with Crippen LogP contribution in [-0.2, 0) is 0 Å². The van der Waals surface area contributed by atoms with Gasteiger partial charge < -0.3 is 15.6 Å². The molecule has 1 aliphatic rings. The van der Waals surface area contributed by atoms with Crippen LogP contribution in [0.5, 0.6) is 0 Å². The third-order valence-electron chi connectivity index (χ3n) is 3.00. The molecule has 4 N–H and O–H groups in total. The van der Waals surface area contributed by atoms with Crippen molar-refractivity contribution < 1.29 is 4.79 Å². The van der Waals surface area contributed by atoms with Gasteiger partial charge in [0, 0.05) is 12.6 Å². The van der Waals surface area contributed by atoms with Crippen molar-refractivity contribution in [3.8, 4) is 0 Å². The Bertz CT molecular complexity index is 406. The number of amides is 1. The van der Waals surface area contributed by atoms with Gasteiger partial charge in [0.05, 0.1) is 0 Å². The molecule has 98 valence electrons. The zero-order valence-electron chi connectivity index (χ0n) is 10.4. The molecule has 1 unspecified atom stereocenters. The Kier molecular flexibility index (Phi) is 4.06. The predicted octanol–water partition coefficient (Wildman–Crippen LogP) is -0.414. The number of aromatic nitrogens is 2. The quantitative estimate of drug-likeness (QED) is 0.498. The molecule has 1 saturated heterocycles. The van der Waals surface area contributed by atoms with E-state index in [0.717, 1.165) is 25.9 Å². The molecule has 0 aliphatic carbocycles. The summed E-state index contributed by atoms with van der Waals surface area (Å²) in [5.41, 5.74) is 2.68. The number of nitrogens with one attached hydrogen (secondary N) is 2. The van der Waals surface area contributed by atoms with Gasteiger partial charge in [-0.05, 0) is 38.6 Å². The topological polar surface area (TPSA) is 96.2 Å². The van der Waals surface area contributed by atoms with Gasteiger partial charge in [0.25, 0.3) is 5.91 Å². The molecule has 1 aliphatic heterocycles. The number of piperidine rings is 1. The van der Waals surface area contributed by atoms with Crippen LogP contribution in [-0.4, -0.2) is 47.2 Å². The van der Waals surface area contributed by atoms with Crippen molar-refractivity contribution in [2.75, 3.05) is 25.6 Å². The van der Waals surface area contributed by atoms with E-state index >= 15 is 0 Å². The largest absolute Gasteiger partial charge is 0.347 e. The van der Waals surface area contributed by atoms with Crippen LogP contribution in [0, 0.1) is 0 Å².